The van der Waals surface area contributed by atoms with Crippen molar-refractivity contribution in [1.29, 1.82) is 0 Å². The van der Waals surface area contributed by atoms with E-state index in [1.54, 1.807) is 0 Å². The summed E-state index contributed by atoms with van der Waals surface area (Å²) in [4.78, 5) is 9.17. The van der Waals surface area contributed by atoms with Crippen LogP contribution in [-0.4, -0.2) is 6.29 Å². The first kappa shape index (κ1) is 19.3. The lowest BCUT2D eigenvalue weighted by Gasteiger charge is -2.05. The molecular formula is C13H30O. The standard InChI is InChI=1S/C6H12.C3H6O.2C2H6/c1-2-4-6-5-3-1;1-2-3-4;2*1-2/h1-6H2;3H,2H2,1H3;2*1-2H3. The molecule has 0 aromatic heterocycles. The highest BCUT2D eigenvalue weighted by Gasteiger charge is 1.95. The molecule has 0 amide bonds. The molecule has 0 unspecified atom stereocenters. The second-order valence-corrected chi connectivity index (χ2v) is 2.70. The van der Waals surface area contributed by atoms with Gasteiger partial charge in [-0.3, -0.25) is 0 Å². The average molecular weight is 202 g/mol. The van der Waals surface area contributed by atoms with E-state index < -0.39 is 0 Å². The summed E-state index contributed by atoms with van der Waals surface area (Å²) in [5.74, 6) is 0. The van der Waals surface area contributed by atoms with E-state index in [-0.39, 0.29) is 0 Å². The molecule has 0 radical (unpaired) electrons. The Balaban J connectivity index is -0.000000134. The zero-order valence-electron chi connectivity index (χ0n) is 10.9. The number of hydrogen-bond donors (Lipinski definition) is 0. The fraction of sp³-hybridized carbons (Fsp3) is 0.923. The third kappa shape index (κ3) is 29.9. The molecule has 1 fully saturated rings. The van der Waals surface area contributed by atoms with Crippen LogP contribution >= 0.6 is 0 Å². The van der Waals surface area contributed by atoms with E-state index >= 15 is 0 Å². The Hall–Kier alpha value is -0.330. The summed E-state index contributed by atoms with van der Waals surface area (Å²) in [6, 6.07) is 0. The van der Waals surface area contributed by atoms with Gasteiger partial charge in [-0.1, -0.05) is 73.1 Å². The highest BCUT2D eigenvalue weighted by molar-refractivity contribution is 5.48. The molecule has 0 aromatic rings. The Labute approximate surface area is 91.3 Å². The van der Waals surface area contributed by atoms with E-state index in [1.807, 2.05) is 34.6 Å². The van der Waals surface area contributed by atoms with Gasteiger partial charge >= 0.3 is 0 Å². The second kappa shape index (κ2) is 29.3. The van der Waals surface area contributed by atoms with Gasteiger partial charge in [0.05, 0.1) is 0 Å². The summed E-state index contributed by atoms with van der Waals surface area (Å²) in [5, 5.41) is 0. The van der Waals surface area contributed by atoms with Crippen LogP contribution in [-0.2, 0) is 4.79 Å². The number of hydrogen-bond acceptors (Lipinski definition) is 1. The maximum Gasteiger partial charge on any atom is 0.119 e. The van der Waals surface area contributed by atoms with Crippen LogP contribution in [0.3, 0.4) is 0 Å². The monoisotopic (exact) mass is 202 g/mol. The lowest BCUT2D eigenvalue weighted by Crippen LogP contribution is -1.85. The molecule has 0 spiro atoms. The van der Waals surface area contributed by atoms with Gasteiger partial charge in [0.2, 0.25) is 0 Å². The van der Waals surface area contributed by atoms with Crippen LogP contribution < -0.4 is 0 Å². The third-order valence-electron chi connectivity index (χ3n) is 1.67. The maximum atomic E-state index is 9.17. The van der Waals surface area contributed by atoms with Gasteiger partial charge in [0, 0.05) is 6.42 Å². The van der Waals surface area contributed by atoms with Crippen molar-refractivity contribution in [3.8, 4) is 0 Å². The molecule has 0 bridgehead atoms. The first-order valence-electron chi connectivity index (χ1n) is 6.35. The molecule has 0 saturated heterocycles. The minimum Gasteiger partial charge on any atom is -0.303 e. The Bertz CT molecular complexity index is 54.1. The first-order valence-corrected chi connectivity index (χ1v) is 6.35. The van der Waals surface area contributed by atoms with Crippen molar-refractivity contribution in [2.45, 2.75) is 79.6 Å². The minimum atomic E-state index is 0.639. The largest absolute Gasteiger partial charge is 0.303 e. The topological polar surface area (TPSA) is 17.1 Å². The fourth-order valence-corrected chi connectivity index (χ4v) is 1.06. The van der Waals surface area contributed by atoms with Gasteiger partial charge in [0.1, 0.15) is 6.29 Å². The van der Waals surface area contributed by atoms with Gasteiger partial charge in [0.25, 0.3) is 0 Å². The van der Waals surface area contributed by atoms with Gasteiger partial charge < -0.3 is 4.79 Å². The number of aldehydes is 1. The summed E-state index contributed by atoms with van der Waals surface area (Å²) in [6.45, 7) is 9.81. The molecule has 0 atom stereocenters. The summed E-state index contributed by atoms with van der Waals surface area (Å²) < 4.78 is 0. The summed E-state index contributed by atoms with van der Waals surface area (Å²) >= 11 is 0. The molecular weight excluding hydrogens is 172 g/mol. The average Bonchev–Trinajstić information content (AvgIpc) is 2.36. The van der Waals surface area contributed by atoms with Gasteiger partial charge in [-0.05, 0) is 0 Å². The van der Waals surface area contributed by atoms with E-state index in [9.17, 15) is 4.79 Å². The smallest absolute Gasteiger partial charge is 0.119 e. The SMILES string of the molecule is C1CCCCC1.CC.CC.CCC=O. The predicted octanol–water partition coefficient (Wildman–Crippen LogP) is 4.99. The van der Waals surface area contributed by atoms with E-state index in [4.69, 9.17) is 0 Å². The Morgan fingerprint density at radius 1 is 0.786 bits per heavy atom. The van der Waals surface area contributed by atoms with Crippen LogP contribution in [0.4, 0.5) is 0 Å². The van der Waals surface area contributed by atoms with E-state index in [0.717, 1.165) is 6.29 Å². The molecule has 0 heterocycles. The number of rotatable bonds is 1. The lowest BCUT2D eigenvalue weighted by atomic mass is 10.0. The highest BCUT2D eigenvalue weighted by atomic mass is 16.1. The predicted molar refractivity (Wildman–Crippen MR) is 66.8 cm³/mol. The van der Waals surface area contributed by atoms with Crippen LogP contribution in [0.2, 0.25) is 0 Å². The normalized spacial score (nSPS) is 12.9. The van der Waals surface area contributed by atoms with E-state index in [1.165, 1.54) is 38.5 Å². The van der Waals surface area contributed by atoms with Crippen molar-refractivity contribution in [2.75, 3.05) is 0 Å². The lowest BCUT2D eigenvalue weighted by molar-refractivity contribution is -0.107. The van der Waals surface area contributed by atoms with E-state index in [2.05, 4.69) is 0 Å². The number of carbonyl (C=O) groups is 1. The Morgan fingerprint density at radius 2 is 0.929 bits per heavy atom. The minimum absolute atomic E-state index is 0.639. The van der Waals surface area contributed by atoms with Gasteiger partial charge in [-0.2, -0.15) is 0 Å². The van der Waals surface area contributed by atoms with E-state index in [0.29, 0.717) is 6.42 Å². The molecule has 1 heteroatoms. The van der Waals surface area contributed by atoms with Crippen LogP contribution in [0.15, 0.2) is 0 Å². The van der Waals surface area contributed by atoms with Crippen molar-refractivity contribution in [2.24, 2.45) is 0 Å². The van der Waals surface area contributed by atoms with Crippen molar-refractivity contribution >= 4 is 6.29 Å². The second-order valence-electron chi connectivity index (χ2n) is 2.70. The Morgan fingerprint density at radius 3 is 1.00 bits per heavy atom. The molecule has 0 aromatic carbocycles. The first-order chi connectivity index (χ1) is 6.91. The molecule has 0 N–H and O–H groups in total. The van der Waals surface area contributed by atoms with Crippen LogP contribution in [0.1, 0.15) is 79.6 Å². The molecule has 1 aliphatic carbocycles. The van der Waals surface area contributed by atoms with Crippen LogP contribution in [0.25, 0.3) is 0 Å². The molecule has 88 valence electrons. The molecule has 14 heavy (non-hydrogen) atoms. The zero-order chi connectivity index (χ0) is 11.7. The van der Waals surface area contributed by atoms with Crippen LogP contribution in [0, 0.1) is 0 Å². The molecule has 0 aliphatic heterocycles. The highest BCUT2D eigenvalue weighted by Crippen LogP contribution is 2.15. The van der Waals surface area contributed by atoms with Gasteiger partial charge in [-0.25, -0.2) is 0 Å². The Kier molecular flexibility index (Phi) is 40.4. The zero-order valence-corrected chi connectivity index (χ0v) is 10.9. The molecule has 1 rings (SSSR count). The third-order valence-corrected chi connectivity index (χ3v) is 1.67. The van der Waals surface area contributed by atoms with Crippen LogP contribution in [0.5, 0.6) is 0 Å². The van der Waals surface area contributed by atoms with Crippen molar-refractivity contribution in [3.05, 3.63) is 0 Å². The van der Waals surface area contributed by atoms with Gasteiger partial charge in [-0.15, -0.1) is 0 Å². The maximum absolute atomic E-state index is 9.17. The van der Waals surface area contributed by atoms with Crippen molar-refractivity contribution in [3.63, 3.8) is 0 Å². The molecule has 1 saturated carbocycles. The molecule has 1 nitrogen and oxygen atoms in total. The summed E-state index contributed by atoms with van der Waals surface area (Å²) in [7, 11) is 0. The fourth-order valence-electron chi connectivity index (χ4n) is 1.06. The van der Waals surface area contributed by atoms with Crippen molar-refractivity contribution in [1.82, 2.24) is 0 Å². The quantitative estimate of drug-likeness (QED) is 0.548. The number of carbonyl (C=O) groups excluding carboxylic acids is 1. The van der Waals surface area contributed by atoms with Crippen molar-refractivity contribution < 1.29 is 4.79 Å². The summed E-state index contributed by atoms with van der Waals surface area (Å²) in [6.07, 6.45) is 10.5. The van der Waals surface area contributed by atoms with Gasteiger partial charge in [0.15, 0.2) is 0 Å². The summed E-state index contributed by atoms with van der Waals surface area (Å²) in [5.41, 5.74) is 0. The molecule has 1 aliphatic rings.